The molecule has 4 nitrogen and oxygen atoms in total. The van der Waals surface area contributed by atoms with Crippen molar-refractivity contribution in [2.24, 2.45) is 11.7 Å². The lowest BCUT2D eigenvalue weighted by molar-refractivity contribution is -0.000916. The summed E-state index contributed by atoms with van der Waals surface area (Å²) in [5, 5.41) is 23.2. The summed E-state index contributed by atoms with van der Waals surface area (Å²) >= 11 is 0. The molecule has 1 heterocycles. The van der Waals surface area contributed by atoms with Gasteiger partial charge in [0.25, 0.3) is 0 Å². The lowest BCUT2D eigenvalue weighted by Gasteiger charge is -2.38. The van der Waals surface area contributed by atoms with Gasteiger partial charge in [0.05, 0.1) is 11.3 Å². The maximum atomic E-state index is 11.2. The van der Waals surface area contributed by atoms with Gasteiger partial charge in [-0.05, 0) is 76.0 Å². The van der Waals surface area contributed by atoms with Crippen molar-refractivity contribution in [3.8, 4) is 0 Å². The van der Waals surface area contributed by atoms with Crippen LogP contribution in [0.25, 0.3) is 0 Å². The average molecular weight is 368 g/mol. The van der Waals surface area contributed by atoms with E-state index in [1.807, 2.05) is 13.0 Å². The van der Waals surface area contributed by atoms with E-state index in [1.165, 1.54) is 11.3 Å². The van der Waals surface area contributed by atoms with E-state index >= 15 is 0 Å². The number of hydrogen-bond acceptors (Lipinski definition) is 4. The monoisotopic (exact) mass is 367 g/mol. The molecule has 3 rings (SSSR count). The molecule has 0 radical (unpaired) electrons. The third kappa shape index (κ3) is 4.62. The molecule has 0 saturated heterocycles. The summed E-state index contributed by atoms with van der Waals surface area (Å²) in [6.07, 6.45) is 16.8. The maximum Gasteiger partial charge on any atom is 0.0705 e. The first-order chi connectivity index (χ1) is 12.9. The van der Waals surface area contributed by atoms with E-state index < -0.39 is 5.60 Å². The minimum absolute atomic E-state index is 0.0794. The van der Waals surface area contributed by atoms with Gasteiger partial charge < -0.3 is 16.2 Å². The molecule has 0 aromatic carbocycles. The number of nitrogens with two attached hydrogens (primary N) is 1. The standard InChI is InChI=1S/C23H33N3O/c1-16-11-12-17(15-26-16)13-14-23(2,27)20-10-6-9-19(22(20)25)21(24)18-7-4-3-5-8-18/h4,7-8,11-12,20,24,26-27H,3,5-6,9-10,13-15,25H2,1-2H3. The highest BCUT2D eigenvalue weighted by molar-refractivity contribution is 6.12. The number of allylic oxidation sites excluding steroid dienone is 8. The van der Waals surface area contributed by atoms with Crippen LogP contribution in [0.2, 0.25) is 0 Å². The van der Waals surface area contributed by atoms with Gasteiger partial charge in [-0.15, -0.1) is 0 Å². The Hall–Kier alpha value is -2.07. The van der Waals surface area contributed by atoms with Gasteiger partial charge in [-0.25, -0.2) is 0 Å². The highest BCUT2D eigenvalue weighted by Gasteiger charge is 2.37. The highest BCUT2D eigenvalue weighted by Crippen LogP contribution is 2.39. The Kier molecular flexibility index (Phi) is 6.05. The minimum atomic E-state index is -0.857. The zero-order valence-electron chi connectivity index (χ0n) is 16.6. The molecule has 2 atom stereocenters. The Morgan fingerprint density at radius 1 is 1.37 bits per heavy atom. The summed E-state index contributed by atoms with van der Waals surface area (Å²) in [6, 6.07) is 0. The molecule has 0 spiro atoms. The number of rotatable bonds is 6. The Balaban J connectivity index is 1.73. The molecule has 2 unspecified atom stereocenters. The molecule has 0 aromatic heterocycles. The molecular formula is C23H33N3O. The second kappa shape index (κ2) is 8.30. The van der Waals surface area contributed by atoms with Crippen molar-refractivity contribution in [2.75, 3.05) is 6.54 Å². The molecule has 0 aromatic rings. The fraction of sp³-hybridized carbons (Fsp3) is 0.522. The second-order valence-corrected chi connectivity index (χ2v) is 8.28. The van der Waals surface area contributed by atoms with Crippen LogP contribution < -0.4 is 11.1 Å². The van der Waals surface area contributed by atoms with Crippen LogP contribution in [0.5, 0.6) is 0 Å². The smallest absolute Gasteiger partial charge is 0.0705 e. The molecular weight excluding hydrogens is 334 g/mol. The second-order valence-electron chi connectivity index (χ2n) is 8.28. The van der Waals surface area contributed by atoms with Crippen LogP contribution in [0.4, 0.5) is 0 Å². The summed E-state index contributed by atoms with van der Waals surface area (Å²) in [7, 11) is 0. The van der Waals surface area contributed by atoms with Gasteiger partial charge in [0.1, 0.15) is 0 Å². The summed E-state index contributed by atoms with van der Waals surface area (Å²) in [6.45, 7) is 4.82. The Labute approximate surface area is 163 Å². The SMILES string of the molecule is CC1=CC=C(CCC(C)(O)C2CCCC(C(=N)C3=CCCC=C3)=C2N)CN1. The molecule has 2 aliphatic carbocycles. The fourth-order valence-corrected chi connectivity index (χ4v) is 4.25. The quantitative estimate of drug-likeness (QED) is 0.529. The minimum Gasteiger partial charge on any atom is -0.401 e. The average Bonchev–Trinajstić information content (AvgIpc) is 2.68. The van der Waals surface area contributed by atoms with Gasteiger partial charge in [0, 0.05) is 23.9 Å². The van der Waals surface area contributed by atoms with E-state index in [9.17, 15) is 5.11 Å². The van der Waals surface area contributed by atoms with Crippen LogP contribution in [0.15, 0.2) is 58.5 Å². The summed E-state index contributed by atoms with van der Waals surface area (Å²) in [4.78, 5) is 0. The first-order valence-corrected chi connectivity index (χ1v) is 10.2. The van der Waals surface area contributed by atoms with Gasteiger partial charge in [-0.1, -0.05) is 29.9 Å². The number of dihydropyridines is 1. The first-order valence-electron chi connectivity index (χ1n) is 10.2. The zero-order valence-corrected chi connectivity index (χ0v) is 16.6. The normalized spacial score (nSPS) is 25.1. The number of aliphatic hydroxyl groups is 1. The maximum absolute atomic E-state index is 11.2. The predicted octanol–water partition coefficient (Wildman–Crippen LogP) is 4.26. The van der Waals surface area contributed by atoms with Gasteiger partial charge in [-0.3, -0.25) is 5.41 Å². The Bertz CT molecular complexity index is 750. The Morgan fingerprint density at radius 2 is 2.19 bits per heavy atom. The van der Waals surface area contributed by atoms with E-state index in [2.05, 4.69) is 36.5 Å². The zero-order chi connectivity index (χ0) is 19.4. The van der Waals surface area contributed by atoms with Gasteiger partial charge in [0.15, 0.2) is 0 Å². The highest BCUT2D eigenvalue weighted by atomic mass is 16.3. The lowest BCUT2D eigenvalue weighted by atomic mass is 9.73. The fourth-order valence-electron chi connectivity index (χ4n) is 4.25. The van der Waals surface area contributed by atoms with Crippen LogP contribution in [0.3, 0.4) is 0 Å². The predicted molar refractivity (Wildman–Crippen MR) is 112 cm³/mol. The molecule has 5 N–H and O–H groups in total. The van der Waals surface area contributed by atoms with Crippen LogP contribution >= 0.6 is 0 Å². The van der Waals surface area contributed by atoms with Crippen molar-refractivity contribution >= 4 is 5.71 Å². The number of hydrogen-bond donors (Lipinski definition) is 4. The van der Waals surface area contributed by atoms with Gasteiger partial charge in [0.2, 0.25) is 0 Å². The molecule has 0 amide bonds. The van der Waals surface area contributed by atoms with Gasteiger partial charge >= 0.3 is 0 Å². The molecule has 1 aliphatic heterocycles. The summed E-state index contributed by atoms with van der Waals surface area (Å²) in [5.74, 6) is -0.0794. The van der Waals surface area contributed by atoms with Crippen LogP contribution in [0, 0.1) is 11.3 Å². The van der Waals surface area contributed by atoms with Crippen molar-refractivity contribution in [2.45, 2.75) is 64.4 Å². The summed E-state index contributed by atoms with van der Waals surface area (Å²) in [5.41, 5.74) is 11.3. The largest absolute Gasteiger partial charge is 0.401 e. The van der Waals surface area contributed by atoms with Crippen LogP contribution in [-0.4, -0.2) is 23.0 Å². The summed E-state index contributed by atoms with van der Waals surface area (Å²) < 4.78 is 0. The third-order valence-electron chi connectivity index (χ3n) is 6.10. The van der Waals surface area contributed by atoms with Crippen molar-refractivity contribution in [3.63, 3.8) is 0 Å². The van der Waals surface area contributed by atoms with E-state index in [-0.39, 0.29) is 5.92 Å². The van der Waals surface area contributed by atoms with Crippen molar-refractivity contribution in [3.05, 3.63) is 58.5 Å². The number of nitrogens with one attached hydrogen (secondary N) is 2. The van der Waals surface area contributed by atoms with E-state index in [1.54, 1.807) is 0 Å². The molecule has 0 saturated carbocycles. The molecule has 27 heavy (non-hydrogen) atoms. The van der Waals surface area contributed by atoms with E-state index in [0.29, 0.717) is 12.1 Å². The van der Waals surface area contributed by atoms with E-state index in [4.69, 9.17) is 11.1 Å². The van der Waals surface area contributed by atoms with E-state index in [0.717, 1.165) is 61.9 Å². The van der Waals surface area contributed by atoms with Crippen LogP contribution in [0.1, 0.15) is 58.8 Å². The molecule has 4 heteroatoms. The molecule has 3 aliphatic rings. The Morgan fingerprint density at radius 3 is 2.85 bits per heavy atom. The topological polar surface area (TPSA) is 82.1 Å². The van der Waals surface area contributed by atoms with Crippen molar-refractivity contribution in [1.82, 2.24) is 5.32 Å². The first kappa shape index (κ1) is 19.7. The lowest BCUT2D eigenvalue weighted by Crippen LogP contribution is -2.41. The molecule has 0 fully saturated rings. The van der Waals surface area contributed by atoms with Crippen molar-refractivity contribution < 1.29 is 5.11 Å². The molecule has 0 bridgehead atoms. The van der Waals surface area contributed by atoms with Crippen molar-refractivity contribution in [1.29, 1.82) is 5.41 Å². The molecule has 146 valence electrons. The van der Waals surface area contributed by atoms with Crippen LogP contribution in [-0.2, 0) is 0 Å². The third-order valence-corrected chi connectivity index (χ3v) is 6.10. The van der Waals surface area contributed by atoms with Gasteiger partial charge in [-0.2, -0.15) is 0 Å².